The number of benzene rings is 1. The smallest absolute Gasteiger partial charge is 0.237 e. The second kappa shape index (κ2) is 9.19. The van der Waals surface area contributed by atoms with Gasteiger partial charge < -0.3 is 10.6 Å². The van der Waals surface area contributed by atoms with Crippen molar-refractivity contribution in [1.82, 2.24) is 26.4 Å². The first-order valence-electron chi connectivity index (χ1n) is 10.3. The molecule has 29 heavy (non-hydrogen) atoms. The molecular weight excluding hydrogens is 373 g/mol. The molecule has 7 nitrogen and oxygen atoms in total. The summed E-state index contributed by atoms with van der Waals surface area (Å²) in [6.07, 6.45) is 0.150. The number of nitrogens with zero attached hydrogens (tertiary/aromatic N) is 1. The number of halogens is 1. The summed E-state index contributed by atoms with van der Waals surface area (Å²) in [7, 11) is 0. The zero-order valence-corrected chi connectivity index (χ0v) is 17.4. The Morgan fingerprint density at radius 1 is 1.28 bits per heavy atom. The molecule has 2 fully saturated rings. The summed E-state index contributed by atoms with van der Waals surface area (Å²) in [5.41, 5.74) is 7.33. The summed E-state index contributed by atoms with van der Waals surface area (Å²) in [6.45, 7) is 9.71. The molecule has 2 saturated heterocycles. The second-order valence-corrected chi connectivity index (χ2v) is 9.16. The Kier molecular flexibility index (Phi) is 6.87. The van der Waals surface area contributed by atoms with Crippen molar-refractivity contribution in [3.8, 4) is 0 Å². The molecule has 1 aromatic rings. The molecule has 2 aliphatic rings. The van der Waals surface area contributed by atoms with Gasteiger partial charge in [-0.15, -0.1) is 0 Å². The first-order chi connectivity index (χ1) is 13.7. The minimum Gasteiger partial charge on any atom is -0.356 e. The third-order valence-corrected chi connectivity index (χ3v) is 5.38. The van der Waals surface area contributed by atoms with Crippen molar-refractivity contribution in [3.63, 3.8) is 0 Å². The summed E-state index contributed by atoms with van der Waals surface area (Å²) < 4.78 is 13.2. The van der Waals surface area contributed by atoms with Crippen molar-refractivity contribution in [3.05, 3.63) is 35.6 Å². The fourth-order valence-electron chi connectivity index (χ4n) is 4.03. The van der Waals surface area contributed by atoms with Crippen molar-refractivity contribution in [2.75, 3.05) is 32.7 Å². The average Bonchev–Trinajstić information content (AvgIpc) is 3.11. The molecule has 0 aromatic heterocycles. The third-order valence-electron chi connectivity index (χ3n) is 5.38. The molecule has 1 aromatic carbocycles. The first kappa shape index (κ1) is 21.7. The van der Waals surface area contributed by atoms with E-state index in [4.69, 9.17) is 0 Å². The van der Waals surface area contributed by atoms with Crippen LogP contribution in [-0.4, -0.2) is 55.5 Å². The normalized spacial score (nSPS) is 25.7. The van der Waals surface area contributed by atoms with Gasteiger partial charge in [-0.3, -0.25) is 19.9 Å². The van der Waals surface area contributed by atoms with Gasteiger partial charge in [0.1, 0.15) is 5.82 Å². The summed E-state index contributed by atoms with van der Waals surface area (Å²) in [4.78, 5) is 27.1. The molecule has 3 atom stereocenters. The first-order valence-corrected chi connectivity index (χ1v) is 10.3. The number of piperazine rings is 1. The van der Waals surface area contributed by atoms with E-state index < -0.39 is 6.04 Å². The fourth-order valence-corrected chi connectivity index (χ4v) is 4.03. The molecule has 0 aliphatic carbocycles. The van der Waals surface area contributed by atoms with Gasteiger partial charge in [0.2, 0.25) is 11.8 Å². The Morgan fingerprint density at radius 3 is 2.69 bits per heavy atom. The van der Waals surface area contributed by atoms with Gasteiger partial charge in [0.25, 0.3) is 0 Å². The molecule has 8 heteroatoms. The minimum absolute atomic E-state index is 0.00808. The van der Waals surface area contributed by atoms with Crippen LogP contribution in [0.15, 0.2) is 24.3 Å². The van der Waals surface area contributed by atoms with Gasteiger partial charge in [-0.25, -0.2) is 9.82 Å². The molecule has 160 valence electrons. The van der Waals surface area contributed by atoms with Crippen molar-refractivity contribution < 1.29 is 14.0 Å². The van der Waals surface area contributed by atoms with Gasteiger partial charge in [-0.1, -0.05) is 32.9 Å². The van der Waals surface area contributed by atoms with E-state index in [1.165, 1.54) is 12.1 Å². The molecular formula is C21H32FN5O2. The van der Waals surface area contributed by atoms with Crippen LogP contribution in [0.3, 0.4) is 0 Å². The standard InChI is InChI=1S/C21H32FN5O2/c1-21(2,3)13-27-9-8-23-20(29)17(27)10-18(28)24-11-15-12-25-26-19(15)14-4-6-16(22)7-5-14/h4-7,15,17,19,25-26H,8-13H2,1-3H3,(H,23,29)(H,24,28). The second-order valence-electron chi connectivity index (χ2n) is 9.16. The molecule has 0 radical (unpaired) electrons. The zero-order valence-electron chi connectivity index (χ0n) is 17.4. The van der Waals surface area contributed by atoms with Crippen LogP contribution in [0.4, 0.5) is 4.39 Å². The van der Waals surface area contributed by atoms with Gasteiger partial charge in [-0.2, -0.15) is 0 Å². The topological polar surface area (TPSA) is 85.5 Å². The molecule has 2 amide bonds. The van der Waals surface area contributed by atoms with Crippen molar-refractivity contribution in [2.24, 2.45) is 11.3 Å². The summed E-state index contributed by atoms with van der Waals surface area (Å²) in [6, 6.07) is 5.95. The minimum atomic E-state index is -0.435. The van der Waals surface area contributed by atoms with E-state index in [0.29, 0.717) is 19.6 Å². The van der Waals surface area contributed by atoms with E-state index in [1.54, 1.807) is 12.1 Å². The van der Waals surface area contributed by atoms with Crippen LogP contribution in [0.5, 0.6) is 0 Å². The van der Waals surface area contributed by atoms with E-state index >= 15 is 0 Å². The van der Waals surface area contributed by atoms with Gasteiger partial charge in [-0.05, 0) is 23.1 Å². The molecule has 0 spiro atoms. The maximum atomic E-state index is 13.2. The molecule has 0 saturated carbocycles. The van der Waals surface area contributed by atoms with Crippen LogP contribution in [0.1, 0.15) is 38.8 Å². The largest absolute Gasteiger partial charge is 0.356 e. The van der Waals surface area contributed by atoms with Gasteiger partial charge >= 0.3 is 0 Å². The number of carbonyl (C=O) groups is 2. The number of hydrogen-bond acceptors (Lipinski definition) is 5. The number of rotatable bonds is 6. The molecule has 0 bridgehead atoms. The summed E-state index contributed by atoms with van der Waals surface area (Å²) in [5, 5.41) is 5.86. The third kappa shape index (κ3) is 5.98. The molecule has 4 N–H and O–H groups in total. The maximum absolute atomic E-state index is 13.2. The number of nitrogens with one attached hydrogen (secondary N) is 4. The Balaban J connectivity index is 1.55. The number of amides is 2. The highest BCUT2D eigenvalue weighted by Gasteiger charge is 2.34. The summed E-state index contributed by atoms with van der Waals surface area (Å²) in [5.74, 6) is -0.342. The van der Waals surface area contributed by atoms with Gasteiger partial charge in [0, 0.05) is 38.6 Å². The highest BCUT2D eigenvalue weighted by atomic mass is 19.1. The Morgan fingerprint density at radius 2 is 2.00 bits per heavy atom. The zero-order chi connectivity index (χ0) is 21.0. The number of hydrazine groups is 1. The Hall–Kier alpha value is -2.03. The molecule has 3 unspecified atom stereocenters. The van der Waals surface area contributed by atoms with Crippen molar-refractivity contribution >= 4 is 11.8 Å². The van der Waals surface area contributed by atoms with E-state index in [0.717, 1.165) is 18.7 Å². The summed E-state index contributed by atoms with van der Waals surface area (Å²) >= 11 is 0. The van der Waals surface area contributed by atoms with Crippen LogP contribution in [0.25, 0.3) is 0 Å². The lowest BCUT2D eigenvalue weighted by atomic mass is 9.93. The molecule has 2 heterocycles. The van der Waals surface area contributed by atoms with E-state index in [9.17, 15) is 14.0 Å². The lowest BCUT2D eigenvalue weighted by molar-refractivity contribution is -0.134. The van der Waals surface area contributed by atoms with Crippen molar-refractivity contribution in [1.29, 1.82) is 0 Å². The molecule has 2 aliphatic heterocycles. The highest BCUT2D eigenvalue weighted by molar-refractivity contribution is 5.88. The predicted octanol–water partition coefficient (Wildman–Crippen LogP) is 0.944. The Labute approximate surface area is 171 Å². The van der Waals surface area contributed by atoms with E-state index in [-0.39, 0.29) is 41.4 Å². The Bertz CT molecular complexity index is 719. The van der Waals surface area contributed by atoms with E-state index in [2.05, 4.69) is 47.2 Å². The van der Waals surface area contributed by atoms with Gasteiger partial charge in [0.15, 0.2) is 0 Å². The highest BCUT2D eigenvalue weighted by Crippen LogP contribution is 2.25. The SMILES string of the molecule is CC(C)(C)CN1CCNC(=O)C1CC(=O)NCC1CNNC1c1ccc(F)cc1. The van der Waals surface area contributed by atoms with Crippen LogP contribution in [0.2, 0.25) is 0 Å². The molecule has 3 rings (SSSR count). The van der Waals surface area contributed by atoms with E-state index in [1.807, 2.05) is 0 Å². The number of hydrogen-bond donors (Lipinski definition) is 4. The monoisotopic (exact) mass is 405 g/mol. The van der Waals surface area contributed by atoms with Crippen LogP contribution in [-0.2, 0) is 9.59 Å². The van der Waals surface area contributed by atoms with Crippen LogP contribution in [0, 0.1) is 17.2 Å². The average molecular weight is 406 g/mol. The maximum Gasteiger partial charge on any atom is 0.237 e. The quantitative estimate of drug-likeness (QED) is 0.566. The lowest BCUT2D eigenvalue weighted by Gasteiger charge is -2.38. The fraction of sp³-hybridized carbons (Fsp3) is 0.619. The predicted molar refractivity (Wildman–Crippen MR) is 109 cm³/mol. The number of carbonyl (C=O) groups excluding carboxylic acids is 2. The van der Waals surface area contributed by atoms with Crippen molar-refractivity contribution in [2.45, 2.75) is 39.3 Å². The van der Waals surface area contributed by atoms with Crippen LogP contribution >= 0.6 is 0 Å². The van der Waals surface area contributed by atoms with Crippen LogP contribution < -0.4 is 21.5 Å². The lowest BCUT2D eigenvalue weighted by Crippen LogP contribution is -2.58. The van der Waals surface area contributed by atoms with Gasteiger partial charge in [0.05, 0.1) is 18.5 Å².